The molecule has 1 aromatic heterocycles. The molecule has 96 valence electrons. The fraction of sp³-hybridized carbons (Fsp3) is 0.214. The summed E-state index contributed by atoms with van der Waals surface area (Å²) in [6.07, 6.45) is 5.63. The maximum Gasteiger partial charge on any atom is 0.227 e. The molecular weight excluding hydrogens is 240 g/mol. The summed E-state index contributed by atoms with van der Waals surface area (Å²) in [7, 11) is 0. The van der Waals surface area contributed by atoms with E-state index in [0.29, 0.717) is 13.0 Å². The summed E-state index contributed by atoms with van der Waals surface area (Å²) in [6.45, 7) is 4.45. The summed E-state index contributed by atoms with van der Waals surface area (Å²) in [5.41, 5.74) is 1.72. The van der Waals surface area contributed by atoms with E-state index < -0.39 is 0 Å². The van der Waals surface area contributed by atoms with E-state index in [1.807, 2.05) is 30.3 Å². The van der Waals surface area contributed by atoms with Crippen molar-refractivity contribution in [3.63, 3.8) is 0 Å². The van der Waals surface area contributed by atoms with Crippen molar-refractivity contribution in [2.45, 2.75) is 6.42 Å². The molecule has 0 bridgehead atoms. The van der Waals surface area contributed by atoms with Gasteiger partial charge in [0.1, 0.15) is 0 Å². The van der Waals surface area contributed by atoms with Crippen LogP contribution >= 0.6 is 0 Å². The molecule has 1 unspecified atom stereocenters. The fourth-order valence-electron chi connectivity index (χ4n) is 2.28. The lowest BCUT2D eigenvalue weighted by molar-refractivity contribution is -0.117. The maximum absolute atomic E-state index is 12.0. The SMILES string of the molecule is C=CC1CC(=O)N(c2cccc(-n3nccn3)c2)C1. The molecule has 1 atom stereocenters. The number of carbonyl (C=O) groups excluding carboxylic acids is 1. The third-order valence-electron chi connectivity index (χ3n) is 3.28. The number of hydrogen-bond donors (Lipinski definition) is 0. The number of benzene rings is 1. The highest BCUT2D eigenvalue weighted by molar-refractivity contribution is 5.96. The predicted octanol–water partition coefficient (Wildman–Crippen LogP) is 1.81. The lowest BCUT2D eigenvalue weighted by Gasteiger charge is -2.16. The average molecular weight is 254 g/mol. The van der Waals surface area contributed by atoms with Gasteiger partial charge in [0.05, 0.1) is 18.1 Å². The summed E-state index contributed by atoms with van der Waals surface area (Å²) in [5.74, 6) is 0.370. The second kappa shape index (κ2) is 4.68. The molecule has 1 aliphatic rings. The van der Waals surface area contributed by atoms with Crippen LogP contribution in [0.5, 0.6) is 0 Å². The summed E-state index contributed by atoms with van der Waals surface area (Å²) in [5, 5.41) is 8.18. The molecule has 0 N–H and O–H groups in total. The minimum atomic E-state index is 0.135. The topological polar surface area (TPSA) is 51.0 Å². The summed E-state index contributed by atoms with van der Waals surface area (Å²) < 4.78 is 0. The van der Waals surface area contributed by atoms with Gasteiger partial charge in [0.25, 0.3) is 0 Å². The zero-order valence-electron chi connectivity index (χ0n) is 10.4. The molecule has 0 aliphatic carbocycles. The standard InChI is InChI=1S/C14H14N4O/c1-2-11-8-14(19)17(10-11)12-4-3-5-13(9-12)18-15-6-7-16-18/h2-7,9,11H,1,8,10H2. The van der Waals surface area contributed by atoms with E-state index in [9.17, 15) is 4.79 Å². The Morgan fingerprint density at radius 3 is 2.68 bits per heavy atom. The highest BCUT2D eigenvalue weighted by Gasteiger charge is 2.28. The molecule has 2 heterocycles. The van der Waals surface area contributed by atoms with Crippen LogP contribution in [0.1, 0.15) is 6.42 Å². The highest BCUT2D eigenvalue weighted by Crippen LogP contribution is 2.26. The number of aromatic nitrogens is 3. The van der Waals surface area contributed by atoms with E-state index >= 15 is 0 Å². The first kappa shape index (κ1) is 11.6. The van der Waals surface area contributed by atoms with Gasteiger partial charge >= 0.3 is 0 Å². The van der Waals surface area contributed by atoms with E-state index in [1.54, 1.807) is 17.3 Å². The Labute approximate surface area is 111 Å². The molecule has 1 fully saturated rings. The Balaban J connectivity index is 1.92. The molecule has 2 aromatic rings. The minimum Gasteiger partial charge on any atom is -0.312 e. The van der Waals surface area contributed by atoms with Crippen molar-refractivity contribution in [3.05, 3.63) is 49.3 Å². The second-order valence-corrected chi connectivity index (χ2v) is 4.54. The molecular formula is C14H14N4O. The summed E-state index contributed by atoms with van der Waals surface area (Å²) in [6, 6.07) is 7.66. The summed E-state index contributed by atoms with van der Waals surface area (Å²) >= 11 is 0. The van der Waals surface area contributed by atoms with Crippen molar-refractivity contribution in [1.82, 2.24) is 15.0 Å². The fourth-order valence-corrected chi connectivity index (χ4v) is 2.28. The quantitative estimate of drug-likeness (QED) is 0.785. The number of hydrogen-bond acceptors (Lipinski definition) is 3. The highest BCUT2D eigenvalue weighted by atomic mass is 16.2. The van der Waals surface area contributed by atoms with E-state index in [1.165, 1.54) is 4.80 Å². The van der Waals surface area contributed by atoms with Crippen LogP contribution in [0.15, 0.2) is 49.3 Å². The molecule has 1 aromatic carbocycles. The Hall–Kier alpha value is -2.43. The van der Waals surface area contributed by atoms with Gasteiger partial charge in [-0.15, -0.1) is 6.58 Å². The normalized spacial score (nSPS) is 18.8. The Morgan fingerprint density at radius 1 is 1.26 bits per heavy atom. The maximum atomic E-state index is 12.0. The van der Waals surface area contributed by atoms with Crippen LogP contribution in [0.2, 0.25) is 0 Å². The Bertz CT molecular complexity index is 606. The van der Waals surface area contributed by atoms with Crippen molar-refractivity contribution in [1.29, 1.82) is 0 Å². The van der Waals surface area contributed by atoms with Gasteiger partial charge in [0.15, 0.2) is 0 Å². The first-order valence-electron chi connectivity index (χ1n) is 6.17. The van der Waals surface area contributed by atoms with Crippen molar-refractivity contribution < 1.29 is 4.79 Å². The first-order valence-corrected chi connectivity index (χ1v) is 6.17. The zero-order valence-corrected chi connectivity index (χ0v) is 10.4. The molecule has 19 heavy (non-hydrogen) atoms. The van der Waals surface area contributed by atoms with E-state index in [4.69, 9.17) is 0 Å². The lowest BCUT2D eigenvalue weighted by atomic mass is 10.1. The van der Waals surface area contributed by atoms with Gasteiger partial charge in [-0.05, 0) is 18.2 Å². The number of nitrogens with zero attached hydrogens (tertiary/aromatic N) is 4. The van der Waals surface area contributed by atoms with Gasteiger partial charge in [0.2, 0.25) is 5.91 Å². The van der Waals surface area contributed by atoms with Crippen LogP contribution in [-0.2, 0) is 4.79 Å². The molecule has 3 rings (SSSR count). The van der Waals surface area contributed by atoms with Gasteiger partial charge < -0.3 is 4.90 Å². The van der Waals surface area contributed by atoms with Gasteiger partial charge in [-0.3, -0.25) is 4.79 Å². The van der Waals surface area contributed by atoms with Crippen LogP contribution < -0.4 is 4.90 Å². The molecule has 5 heteroatoms. The van der Waals surface area contributed by atoms with Crippen LogP contribution in [0, 0.1) is 5.92 Å². The van der Waals surface area contributed by atoms with Crippen LogP contribution in [-0.4, -0.2) is 27.4 Å². The summed E-state index contributed by atoms with van der Waals surface area (Å²) in [4.78, 5) is 15.3. The van der Waals surface area contributed by atoms with Gasteiger partial charge in [-0.1, -0.05) is 12.1 Å². The van der Waals surface area contributed by atoms with Crippen molar-refractivity contribution >= 4 is 11.6 Å². The lowest BCUT2D eigenvalue weighted by Crippen LogP contribution is -2.24. The Kier molecular flexibility index (Phi) is 2.87. The first-order chi connectivity index (χ1) is 9.28. The van der Waals surface area contributed by atoms with E-state index in [-0.39, 0.29) is 11.8 Å². The molecule has 0 radical (unpaired) electrons. The van der Waals surface area contributed by atoms with Gasteiger partial charge in [0, 0.05) is 24.6 Å². The third-order valence-corrected chi connectivity index (χ3v) is 3.28. The molecule has 0 saturated carbocycles. The van der Waals surface area contributed by atoms with Gasteiger partial charge in [-0.25, -0.2) is 0 Å². The van der Waals surface area contributed by atoms with Crippen molar-refractivity contribution in [2.75, 3.05) is 11.4 Å². The van der Waals surface area contributed by atoms with Crippen LogP contribution in [0.4, 0.5) is 5.69 Å². The molecule has 0 spiro atoms. The second-order valence-electron chi connectivity index (χ2n) is 4.54. The van der Waals surface area contributed by atoms with Crippen molar-refractivity contribution in [3.8, 4) is 5.69 Å². The molecule has 1 amide bonds. The molecule has 1 saturated heterocycles. The molecule has 1 aliphatic heterocycles. The van der Waals surface area contributed by atoms with Crippen LogP contribution in [0.25, 0.3) is 5.69 Å². The van der Waals surface area contributed by atoms with Crippen molar-refractivity contribution in [2.24, 2.45) is 5.92 Å². The third kappa shape index (κ3) is 2.14. The van der Waals surface area contributed by atoms with Gasteiger partial charge in [-0.2, -0.15) is 15.0 Å². The monoisotopic (exact) mass is 254 g/mol. The zero-order chi connectivity index (χ0) is 13.2. The number of rotatable bonds is 3. The average Bonchev–Trinajstić information content (AvgIpc) is 3.08. The minimum absolute atomic E-state index is 0.135. The van der Waals surface area contributed by atoms with E-state index in [0.717, 1.165) is 11.4 Å². The number of carbonyl (C=O) groups is 1. The molecule has 5 nitrogen and oxygen atoms in total. The van der Waals surface area contributed by atoms with Crippen LogP contribution in [0.3, 0.4) is 0 Å². The number of anilines is 1. The Morgan fingerprint density at radius 2 is 2.00 bits per heavy atom. The number of amides is 1. The van der Waals surface area contributed by atoms with E-state index in [2.05, 4.69) is 16.8 Å². The smallest absolute Gasteiger partial charge is 0.227 e. The predicted molar refractivity (Wildman–Crippen MR) is 72.0 cm³/mol. The largest absolute Gasteiger partial charge is 0.312 e.